The van der Waals surface area contributed by atoms with E-state index in [4.69, 9.17) is 0 Å². The predicted molar refractivity (Wildman–Crippen MR) is 110 cm³/mol. The lowest BCUT2D eigenvalue weighted by Gasteiger charge is -2.34. The van der Waals surface area contributed by atoms with Crippen LogP contribution in [-0.2, 0) is 19.6 Å². The summed E-state index contributed by atoms with van der Waals surface area (Å²) in [6, 6.07) is 7.33. The molecule has 154 valence electrons. The van der Waals surface area contributed by atoms with Crippen molar-refractivity contribution < 1.29 is 18.0 Å². The van der Waals surface area contributed by atoms with E-state index in [0.29, 0.717) is 50.3 Å². The van der Waals surface area contributed by atoms with Crippen LogP contribution in [0, 0.1) is 11.8 Å². The highest BCUT2D eigenvalue weighted by molar-refractivity contribution is 7.89. The largest absolute Gasteiger partial charge is 0.324 e. The molecule has 3 rings (SSSR count). The number of para-hydroxylation sites is 2. The van der Waals surface area contributed by atoms with Gasteiger partial charge in [-0.05, 0) is 31.4 Å². The number of nitrogens with zero attached hydrogens (tertiary/aromatic N) is 2. The summed E-state index contributed by atoms with van der Waals surface area (Å²) in [4.78, 5) is 27.2. The smallest absolute Gasteiger partial charge is 0.230 e. The van der Waals surface area contributed by atoms with Crippen molar-refractivity contribution in [1.82, 2.24) is 4.31 Å². The Labute approximate surface area is 167 Å². The molecule has 2 aliphatic rings. The van der Waals surface area contributed by atoms with Crippen LogP contribution in [0.1, 0.15) is 39.5 Å². The number of anilines is 2. The van der Waals surface area contributed by atoms with Crippen LogP contribution in [0.5, 0.6) is 0 Å². The number of fused-ring (bicyclic) bond motifs is 1. The minimum atomic E-state index is -3.24. The highest BCUT2D eigenvalue weighted by Gasteiger charge is 2.36. The van der Waals surface area contributed by atoms with Gasteiger partial charge in [0.15, 0.2) is 0 Å². The molecule has 7 nitrogen and oxygen atoms in total. The first kappa shape index (κ1) is 20.8. The molecule has 2 amide bonds. The number of nitrogens with one attached hydrogen (secondary N) is 1. The van der Waals surface area contributed by atoms with Gasteiger partial charge in [0.25, 0.3) is 0 Å². The van der Waals surface area contributed by atoms with Gasteiger partial charge in [0.2, 0.25) is 21.8 Å². The molecule has 1 atom stereocenters. The molecule has 8 heteroatoms. The topological polar surface area (TPSA) is 86.8 Å². The van der Waals surface area contributed by atoms with Gasteiger partial charge in [-0.1, -0.05) is 32.4 Å². The van der Waals surface area contributed by atoms with Gasteiger partial charge in [-0.25, -0.2) is 12.7 Å². The highest BCUT2D eigenvalue weighted by Crippen LogP contribution is 2.33. The van der Waals surface area contributed by atoms with E-state index in [9.17, 15) is 18.0 Å². The van der Waals surface area contributed by atoms with E-state index in [1.807, 2.05) is 32.0 Å². The Bertz CT molecular complexity index is 832. The van der Waals surface area contributed by atoms with Crippen molar-refractivity contribution in [2.45, 2.75) is 39.5 Å². The van der Waals surface area contributed by atoms with Crippen molar-refractivity contribution in [3.8, 4) is 0 Å². The van der Waals surface area contributed by atoms with Gasteiger partial charge in [0.1, 0.15) is 0 Å². The van der Waals surface area contributed by atoms with Crippen molar-refractivity contribution in [1.29, 1.82) is 0 Å². The van der Waals surface area contributed by atoms with Crippen molar-refractivity contribution in [2.24, 2.45) is 11.8 Å². The molecule has 0 unspecified atom stereocenters. The summed E-state index contributed by atoms with van der Waals surface area (Å²) in [5.74, 6) is -0.495. The molecule has 1 aromatic carbocycles. The maximum atomic E-state index is 13.3. The van der Waals surface area contributed by atoms with Crippen LogP contribution in [0.4, 0.5) is 11.4 Å². The molecule has 1 aromatic rings. The average molecular weight is 408 g/mol. The number of hydrogen-bond donors (Lipinski definition) is 1. The van der Waals surface area contributed by atoms with Crippen LogP contribution in [0.3, 0.4) is 0 Å². The molecular weight excluding hydrogens is 378 g/mol. The Hall–Kier alpha value is -1.93. The molecule has 2 aliphatic heterocycles. The number of benzene rings is 1. The van der Waals surface area contributed by atoms with Crippen molar-refractivity contribution in [3.05, 3.63) is 24.3 Å². The summed E-state index contributed by atoms with van der Waals surface area (Å²) >= 11 is 0. The van der Waals surface area contributed by atoms with E-state index in [0.717, 1.165) is 6.42 Å². The molecule has 0 radical (unpaired) electrons. The van der Waals surface area contributed by atoms with Crippen LogP contribution in [0.25, 0.3) is 0 Å². The summed E-state index contributed by atoms with van der Waals surface area (Å²) < 4.78 is 26.3. The molecule has 1 N–H and O–H groups in total. The van der Waals surface area contributed by atoms with E-state index >= 15 is 0 Å². The zero-order valence-electron chi connectivity index (χ0n) is 16.6. The fraction of sp³-hybridized carbons (Fsp3) is 0.600. The first-order valence-electron chi connectivity index (χ1n) is 10.0. The Morgan fingerprint density at radius 1 is 1.21 bits per heavy atom. The van der Waals surface area contributed by atoms with Gasteiger partial charge < -0.3 is 10.2 Å². The Morgan fingerprint density at radius 3 is 2.57 bits per heavy atom. The molecule has 1 saturated heterocycles. The van der Waals surface area contributed by atoms with E-state index in [1.54, 1.807) is 11.0 Å². The van der Waals surface area contributed by atoms with Gasteiger partial charge in [-0.3, -0.25) is 9.59 Å². The number of sulfonamides is 1. The Balaban J connectivity index is 1.72. The van der Waals surface area contributed by atoms with Gasteiger partial charge in [0.05, 0.1) is 23.0 Å². The number of piperidine rings is 1. The highest BCUT2D eigenvalue weighted by atomic mass is 32.2. The molecule has 28 heavy (non-hydrogen) atoms. The summed E-state index contributed by atoms with van der Waals surface area (Å²) in [6.07, 6.45) is 2.52. The first-order valence-corrected chi connectivity index (χ1v) is 11.6. The van der Waals surface area contributed by atoms with Gasteiger partial charge in [-0.2, -0.15) is 0 Å². The molecule has 0 aliphatic carbocycles. The number of carbonyl (C=O) groups excluding carboxylic acids is 2. The molecule has 0 saturated carbocycles. The van der Waals surface area contributed by atoms with Crippen LogP contribution in [0.15, 0.2) is 24.3 Å². The monoisotopic (exact) mass is 407 g/mol. The van der Waals surface area contributed by atoms with E-state index in [-0.39, 0.29) is 29.4 Å². The molecule has 2 heterocycles. The number of hydrogen-bond acceptors (Lipinski definition) is 4. The third-order valence-corrected chi connectivity index (χ3v) is 7.53. The van der Waals surface area contributed by atoms with Crippen LogP contribution < -0.4 is 10.2 Å². The quantitative estimate of drug-likeness (QED) is 0.812. The van der Waals surface area contributed by atoms with E-state index < -0.39 is 10.0 Å². The fourth-order valence-electron chi connectivity index (χ4n) is 3.79. The number of carbonyl (C=O) groups is 2. The molecule has 1 fully saturated rings. The number of unbranched alkanes of at least 4 members (excludes halogenated alkanes) is 1. The Kier molecular flexibility index (Phi) is 6.40. The second kappa shape index (κ2) is 8.61. The lowest BCUT2D eigenvalue weighted by atomic mass is 9.95. The normalized spacial score (nSPS) is 21.7. The second-order valence-corrected chi connectivity index (χ2v) is 9.79. The number of rotatable bonds is 5. The first-order chi connectivity index (χ1) is 13.3. The standard InChI is InChI=1S/C20H29N3O4S/c1-3-4-13-28(26,27)22-11-9-16(10-12-22)20(25)23-14-15(2)19(24)21-17-7-5-6-8-18(17)23/h5-8,15-16H,3-4,9-14H2,1-2H3,(H,21,24)/t15-/m0/s1. The predicted octanol–water partition coefficient (Wildman–Crippen LogP) is 2.45. The van der Waals surface area contributed by atoms with Crippen molar-refractivity contribution in [3.63, 3.8) is 0 Å². The van der Waals surface area contributed by atoms with Gasteiger partial charge >= 0.3 is 0 Å². The van der Waals surface area contributed by atoms with Crippen LogP contribution in [0.2, 0.25) is 0 Å². The third-order valence-electron chi connectivity index (χ3n) is 5.58. The molecule has 0 bridgehead atoms. The van der Waals surface area contributed by atoms with E-state index in [1.165, 1.54) is 4.31 Å². The molecular formula is C20H29N3O4S. The maximum absolute atomic E-state index is 13.3. The summed E-state index contributed by atoms with van der Waals surface area (Å²) in [5, 5.41) is 2.89. The SMILES string of the molecule is CCCCS(=O)(=O)N1CCC(C(=O)N2C[C@H](C)C(=O)Nc3ccccc32)CC1. The number of amides is 2. The zero-order chi connectivity index (χ0) is 20.3. The third kappa shape index (κ3) is 4.38. The zero-order valence-corrected chi connectivity index (χ0v) is 17.4. The fourth-order valence-corrected chi connectivity index (χ4v) is 5.47. The van der Waals surface area contributed by atoms with Crippen LogP contribution >= 0.6 is 0 Å². The summed E-state index contributed by atoms with van der Waals surface area (Å²) in [6.45, 7) is 4.87. The second-order valence-electron chi connectivity index (χ2n) is 7.70. The molecule has 0 aromatic heterocycles. The molecule has 0 spiro atoms. The van der Waals surface area contributed by atoms with Gasteiger partial charge in [0, 0.05) is 25.6 Å². The van der Waals surface area contributed by atoms with Crippen molar-refractivity contribution >= 4 is 33.2 Å². The Morgan fingerprint density at radius 2 is 1.89 bits per heavy atom. The van der Waals surface area contributed by atoms with Gasteiger partial charge in [-0.15, -0.1) is 0 Å². The van der Waals surface area contributed by atoms with Crippen LogP contribution in [-0.4, -0.2) is 49.9 Å². The maximum Gasteiger partial charge on any atom is 0.230 e. The van der Waals surface area contributed by atoms with E-state index in [2.05, 4.69) is 5.32 Å². The summed E-state index contributed by atoms with van der Waals surface area (Å²) in [7, 11) is -3.24. The minimum absolute atomic E-state index is 0.0265. The average Bonchev–Trinajstić information content (AvgIpc) is 2.82. The minimum Gasteiger partial charge on any atom is -0.324 e. The summed E-state index contributed by atoms with van der Waals surface area (Å²) in [5.41, 5.74) is 1.35. The lowest BCUT2D eigenvalue weighted by molar-refractivity contribution is -0.123. The van der Waals surface area contributed by atoms with Crippen molar-refractivity contribution in [2.75, 3.05) is 35.6 Å². The lowest BCUT2D eigenvalue weighted by Crippen LogP contribution is -2.46.